The Bertz CT molecular complexity index is 644. The van der Waals surface area contributed by atoms with Crippen LogP contribution in [-0.4, -0.2) is 16.7 Å². The lowest BCUT2D eigenvalue weighted by atomic mass is 10.2. The van der Waals surface area contributed by atoms with Gasteiger partial charge in [-0.1, -0.05) is 11.6 Å². The predicted octanol–water partition coefficient (Wildman–Crippen LogP) is 2.53. The Morgan fingerprint density at radius 3 is 2.76 bits per heavy atom. The molecule has 2 heterocycles. The van der Waals surface area contributed by atoms with Gasteiger partial charge in [0, 0.05) is 11.5 Å². The third-order valence-corrected chi connectivity index (χ3v) is 2.87. The molecule has 0 spiro atoms. The van der Waals surface area contributed by atoms with Gasteiger partial charge in [0.1, 0.15) is 11.2 Å². The van der Waals surface area contributed by atoms with E-state index in [1.165, 1.54) is 0 Å². The molecule has 0 atom stereocenters. The molecule has 0 fully saturated rings. The van der Waals surface area contributed by atoms with E-state index in [0.717, 1.165) is 6.20 Å². The van der Waals surface area contributed by atoms with E-state index in [4.69, 9.17) is 21.1 Å². The van der Waals surface area contributed by atoms with Crippen molar-refractivity contribution in [3.63, 3.8) is 0 Å². The molecular weight excluding hydrogens is 248 g/mol. The second kappa shape index (κ2) is 3.46. The fraction of sp³-hybridized carbons (Fsp3) is 0.100. The summed E-state index contributed by atoms with van der Waals surface area (Å²) in [5.74, 6) is 1.08. The second-order valence-electron chi connectivity index (χ2n) is 3.44. The smallest absolute Gasteiger partial charge is 0.306 e. The second-order valence-corrected chi connectivity index (χ2v) is 3.82. The van der Waals surface area contributed by atoms with Crippen molar-refractivity contribution >= 4 is 28.2 Å². The third kappa shape index (κ3) is 1.45. The van der Waals surface area contributed by atoms with Crippen LogP contribution < -0.4 is 9.47 Å². The molecule has 0 bridgehead atoms. The van der Waals surface area contributed by atoms with E-state index in [9.17, 15) is 10.1 Å². The van der Waals surface area contributed by atoms with Crippen molar-refractivity contribution in [3.8, 4) is 11.5 Å². The highest BCUT2D eigenvalue weighted by molar-refractivity contribution is 6.37. The summed E-state index contributed by atoms with van der Waals surface area (Å²) < 4.78 is 10.4. The topological polar surface area (TPSA) is 74.5 Å². The number of pyridine rings is 1. The lowest BCUT2D eigenvalue weighted by Crippen LogP contribution is -1.92. The van der Waals surface area contributed by atoms with Crippen LogP contribution in [0.5, 0.6) is 11.5 Å². The molecule has 1 aromatic carbocycles. The lowest BCUT2D eigenvalue weighted by Gasteiger charge is -2.02. The number of fused-ring (bicyclic) bond motifs is 2. The van der Waals surface area contributed by atoms with E-state index >= 15 is 0 Å². The summed E-state index contributed by atoms with van der Waals surface area (Å²) in [5.41, 5.74) is 0.308. The largest absolute Gasteiger partial charge is 0.454 e. The Kier molecular flexibility index (Phi) is 2.05. The number of halogens is 1. The van der Waals surface area contributed by atoms with Gasteiger partial charge in [0.2, 0.25) is 6.79 Å². The number of nitrogens with zero attached hydrogens (tertiary/aromatic N) is 2. The average Bonchev–Trinajstić information content (AvgIpc) is 2.73. The Morgan fingerprint density at radius 1 is 1.35 bits per heavy atom. The van der Waals surface area contributed by atoms with E-state index in [1.54, 1.807) is 12.1 Å². The molecule has 6 nitrogen and oxygen atoms in total. The fourth-order valence-electron chi connectivity index (χ4n) is 1.67. The molecule has 0 radical (unpaired) electrons. The highest BCUT2D eigenvalue weighted by Gasteiger charge is 2.20. The third-order valence-electron chi connectivity index (χ3n) is 2.47. The van der Waals surface area contributed by atoms with E-state index in [2.05, 4.69) is 4.98 Å². The van der Waals surface area contributed by atoms with Gasteiger partial charge in [-0.3, -0.25) is 10.1 Å². The summed E-state index contributed by atoms with van der Waals surface area (Å²) in [4.78, 5) is 14.1. The minimum Gasteiger partial charge on any atom is -0.454 e. The Morgan fingerprint density at radius 2 is 2.06 bits per heavy atom. The minimum atomic E-state index is -0.570. The fourth-order valence-corrected chi connectivity index (χ4v) is 1.94. The van der Waals surface area contributed by atoms with Crippen LogP contribution in [0.2, 0.25) is 5.02 Å². The monoisotopic (exact) mass is 252 g/mol. The molecule has 0 amide bonds. The molecule has 0 unspecified atom stereocenters. The summed E-state index contributed by atoms with van der Waals surface area (Å²) in [5, 5.41) is 11.3. The van der Waals surface area contributed by atoms with Gasteiger partial charge < -0.3 is 9.47 Å². The molecule has 3 rings (SSSR count). The van der Waals surface area contributed by atoms with E-state index < -0.39 is 4.92 Å². The van der Waals surface area contributed by atoms with Crippen LogP contribution >= 0.6 is 11.6 Å². The summed E-state index contributed by atoms with van der Waals surface area (Å²) in [7, 11) is 0. The van der Waals surface area contributed by atoms with Crippen LogP contribution in [0.25, 0.3) is 10.9 Å². The lowest BCUT2D eigenvalue weighted by molar-refractivity contribution is -0.384. The van der Waals surface area contributed by atoms with Crippen molar-refractivity contribution in [2.75, 3.05) is 6.79 Å². The minimum absolute atomic E-state index is 0.0540. The van der Waals surface area contributed by atoms with Crippen molar-refractivity contribution in [1.82, 2.24) is 4.98 Å². The molecule has 0 N–H and O–H groups in total. The van der Waals surface area contributed by atoms with Gasteiger partial charge in [-0.05, 0) is 6.07 Å². The molecule has 7 heteroatoms. The molecule has 0 saturated carbocycles. The highest BCUT2D eigenvalue weighted by atomic mass is 35.5. The maximum atomic E-state index is 10.7. The van der Waals surface area contributed by atoms with Gasteiger partial charge in [-0.2, -0.15) is 0 Å². The molecule has 0 saturated heterocycles. The normalized spacial score (nSPS) is 13.0. The summed E-state index contributed by atoms with van der Waals surface area (Å²) in [6.45, 7) is 0.130. The number of aromatic nitrogens is 1. The van der Waals surface area contributed by atoms with Crippen LogP contribution in [-0.2, 0) is 0 Å². The van der Waals surface area contributed by atoms with Crippen LogP contribution in [0.15, 0.2) is 18.3 Å². The van der Waals surface area contributed by atoms with Crippen molar-refractivity contribution in [2.45, 2.75) is 0 Å². The van der Waals surface area contributed by atoms with Crippen LogP contribution in [0.3, 0.4) is 0 Å². The Balaban J connectivity index is 2.32. The maximum absolute atomic E-state index is 10.7. The van der Waals surface area contributed by atoms with Gasteiger partial charge in [-0.15, -0.1) is 0 Å². The van der Waals surface area contributed by atoms with Crippen molar-refractivity contribution < 1.29 is 14.4 Å². The quantitative estimate of drug-likeness (QED) is 0.576. The van der Waals surface area contributed by atoms with Crippen LogP contribution in [0.1, 0.15) is 0 Å². The van der Waals surface area contributed by atoms with Gasteiger partial charge in [0.05, 0.1) is 10.4 Å². The first-order valence-corrected chi connectivity index (χ1v) is 5.07. The zero-order valence-electron chi connectivity index (χ0n) is 8.34. The zero-order chi connectivity index (χ0) is 12.0. The maximum Gasteiger partial charge on any atom is 0.306 e. The molecule has 0 aliphatic carbocycles. The van der Waals surface area contributed by atoms with E-state index in [-0.39, 0.29) is 17.5 Å². The number of hydrogen-bond acceptors (Lipinski definition) is 5. The Hall–Kier alpha value is -2.08. The van der Waals surface area contributed by atoms with Crippen molar-refractivity contribution in [3.05, 3.63) is 33.5 Å². The number of hydrogen-bond donors (Lipinski definition) is 0. The summed E-state index contributed by atoms with van der Waals surface area (Å²) in [6, 6.07) is 3.24. The number of benzene rings is 1. The van der Waals surface area contributed by atoms with Crippen LogP contribution in [0, 0.1) is 10.1 Å². The van der Waals surface area contributed by atoms with Gasteiger partial charge in [-0.25, -0.2) is 4.98 Å². The average molecular weight is 253 g/mol. The Labute approximate surface area is 99.9 Å². The first-order valence-electron chi connectivity index (χ1n) is 4.69. The molecule has 2 aromatic rings. The van der Waals surface area contributed by atoms with Crippen molar-refractivity contribution in [2.24, 2.45) is 0 Å². The number of ether oxygens (including phenoxy) is 2. The SMILES string of the molecule is O=[N+]([O-])c1cnc2cc3c(cc2c1Cl)OCO3. The molecule has 1 aliphatic heterocycles. The van der Waals surface area contributed by atoms with E-state index in [0.29, 0.717) is 22.4 Å². The summed E-state index contributed by atoms with van der Waals surface area (Å²) >= 11 is 5.96. The van der Waals surface area contributed by atoms with Crippen molar-refractivity contribution in [1.29, 1.82) is 0 Å². The summed E-state index contributed by atoms with van der Waals surface area (Å²) in [6.07, 6.45) is 1.13. The van der Waals surface area contributed by atoms with Gasteiger partial charge in [0.25, 0.3) is 0 Å². The molecule has 86 valence electrons. The number of nitro groups is 1. The number of rotatable bonds is 1. The van der Waals surface area contributed by atoms with Crippen LogP contribution in [0.4, 0.5) is 5.69 Å². The van der Waals surface area contributed by atoms with E-state index in [1.807, 2.05) is 0 Å². The highest BCUT2D eigenvalue weighted by Crippen LogP contribution is 2.39. The standard InChI is InChI=1S/C10H5ClN2O4/c11-10-5-1-8-9(17-4-16-8)2-6(5)12-3-7(10)13(14)15/h1-3H,4H2. The zero-order valence-corrected chi connectivity index (χ0v) is 9.10. The van der Waals surface area contributed by atoms with Gasteiger partial charge in [0.15, 0.2) is 11.5 Å². The molecule has 1 aliphatic rings. The first-order chi connectivity index (χ1) is 8.16. The molecule has 1 aromatic heterocycles. The predicted molar refractivity (Wildman–Crippen MR) is 59.5 cm³/mol. The van der Waals surface area contributed by atoms with Gasteiger partial charge >= 0.3 is 5.69 Å². The first kappa shape index (κ1) is 10.1. The molecular formula is C10H5ClN2O4. The molecule has 17 heavy (non-hydrogen) atoms.